The Morgan fingerprint density at radius 3 is 2.52 bits per heavy atom. The number of ether oxygens (including phenoxy) is 1. The van der Waals surface area contributed by atoms with Crippen LogP contribution in [0.2, 0.25) is 0 Å². The van der Waals surface area contributed by atoms with Crippen LogP contribution in [0, 0.1) is 0 Å². The summed E-state index contributed by atoms with van der Waals surface area (Å²) in [6, 6.07) is 19.4. The Bertz CT molecular complexity index is 524. The molecule has 0 amide bonds. The zero-order chi connectivity index (χ0) is 14.9. The number of rotatable bonds is 8. The molecule has 0 spiro atoms. The first-order chi connectivity index (χ1) is 10.3. The largest absolute Gasteiger partial charge is 0.494 e. The molecule has 1 atom stereocenters. The molecule has 0 aromatic heterocycles. The topological polar surface area (TPSA) is 21.3 Å². The lowest BCUT2D eigenvalue weighted by Gasteiger charge is -2.19. The summed E-state index contributed by atoms with van der Waals surface area (Å²) in [5, 5.41) is 3.58. The van der Waals surface area contributed by atoms with Crippen molar-refractivity contribution in [3.05, 3.63) is 65.7 Å². The van der Waals surface area contributed by atoms with Crippen LogP contribution in [0.4, 0.5) is 0 Å². The highest BCUT2D eigenvalue weighted by Gasteiger charge is 2.11. The molecule has 2 heteroatoms. The van der Waals surface area contributed by atoms with Crippen LogP contribution in [0.25, 0.3) is 0 Å². The zero-order valence-electron chi connectivity index (χ0n) is 13.0. The minimum absolute atomic E-state index is 0.322. The monoisotopic (exact) mass is 283 g/mol. The number of nitrogens with one attached hydrogen (secondary N) is 1. The van der Waals surface area contributed by atoms with E-state index >= 15 is 0 Å². The van der Waals surface area contributed by atoms with Gasteiger partial charge in [0.1, 0.15) is 5.75 Å². The summed E-state index contributed by atoms with van der Waals surface area (Å²) < 4.78 is 5.75. The summed E-state index contributed by atoms with van der Waals surface area (Å²) in [6.45, 7) is 6.00. The van der Waals surface area contributed by atoms with E-state index < -0.39 is 0 Å². The molecule has 112 valence electrons. The van der Waals surface area contributed by atoms with E-state index in [0.29, 0.717) is 6.04 Å². The molecule has 0 heterocycles. The van der Waals surface area contributed by atoms with Crippen molar-refractivity contribution in [1.82, 2.24) is 5.32 Å². The van der Waals surface area contributed by atoms with Crippen LogP contribution in [-0.2, 0) is 6.42 Å². The summed E-state index contributed by atoms with van der Waals surface area (Å²) in [6.07, 6.45) is 2.02. The summed E-state index contributed by atoms with van der Waals surface area (Å²) in [5.74, 6) is 0.963. The molecule has 2 aromatic rings. The highest BCUT2D eigenvalue weighted by atomic mass is 16.5. The highest BCUT2D eigenvalue weighted by molar-refractivity contribution is 5.32. The van der Waals surface area contributed by atoms with Gasteiger partial charge in [0.15, 0.2) is 0 Å². The van der Waals surface area contributed by atoms with Crippen molar-refractivity contribution in [3.8, 4) is 5.75 Å². The normalized spacial score (nSPS) is 12.1. The maximum atomic E-state index is 5.75. The van der Waals surface area contributed by atoms with Crippen LogP contribution in [0.5, 0.6) is 5.75 Å². The Kier molecular flexibility index (Phi) is 6.29. The molecule has 0 aliphatic rings. The molecular formula is C19H25NO. The van der Waals surface area contributed by atoms with Crippen molar-refractivity contribution in [1.29, 1.82) is 0 Å². The van der Waals surface area contributed by atoms with Crippen molar-refractivity contribution in [2.24, 2.45) is 0 Å². The molecule has 2 aromatic carbocycles. The third kappa shape index (κ3) is 4.91. The molecular weight excluding hydrogens is 258 g/mol. The molecule has 2 nitrogen and oxygen atoms in total. The van der Waals surface area contributed by atoms with Crippen molar-refractivity contribution < 1.29 is 4.74 Å². The second-order valence-electron chi connectivity index (χ2n) is 5.22. The fourth-order valence-corrected chi connectivity index (χ4v) is 2.45. The molecule has 1 unspecified atom stereocenters. The lowest BCUT2D eigenvalue weighted by atomic mass is 9.98. The van der Waals surface area contributed by atoms with E-state index in [0.717, 1.165) is 31.7 Å². The molecule has 2 rings (SSSR count). The van der Waals surface area contributed by atoms with Gasteiger partial charge in [-0.25, -0.2) is 0 Å². The minimum Gasteiger partial charge on any atom is -0.494 e. The lowest BCUT2D eigenvalue weighted by molar-refractivity contribution is 0.316. The number of hydrogen-bond acceptors (Lipinski definition) is 2. The molecule has 0 aliphatic carbocycles. The van der Waals surface area contributed by atoms with Gasteiger partial charge in [0, 0.05) is 6.04 Å². The number of benzene rings is 2. The number of likely N-dealkylation sites (N-methyl/N-ethyl adjacent to an activating group) is 1. The maximum Gasteiger partial charge on any atom is 0.119 e. The average Bonchev–Trinajstić information content (AvgIpc) is 2.54. The van der Waals surface area contributed by atoms with Gasteiger partial charge in [-0.15, -0.1) is 0 Å². The zero-order valence-corrected chi connectivity index (χ0v) is 13.0. The van der Waals surface area contributed by atoms with E-state index in [2.05, 4.69) is 67.7 Å². The molecule has 0 aliphatic heterocycles. The Morgan fingerprint density at radius 2 is 1.81 bits per heavy atom. The fourth-order valence-electron chi connectivity index (χ4n) is 2.45. The van der Waals surface area contributed by atoms with E-state index in [1.807, 2.05) is 6.07 Å². The van der Waals surface area contributed by atoms with Gasteiger partial charge in [0.25, 0.3) is 0 Å². The van der Waals surface area contributed by atoms with E-state index in [1.54, 1.807) is 0 Å². The Labute approximate surface area is 128 Å². The molecule has 21 heavy (non-hydrogen) atoms. The smallest absolute Gasteiger partial charge is 0.119 e. The van der Waals surface area contributed by atoms with Gasteiger partial charge in [-0.3, -0.25) is 0 Å². The number of hydrogen-bond donors (Lipinski definition) is 1. The van der Waals surface area contributed by atoms with Crippen molar-refractivity contribution in [3.63, 3.8) is 0 Å². The molecule has 0 saturated heterocycles. The summed E-state index contributed by atoms with van der Waals surface area (Å²) in [5.41, 5.74) is 2.64. The van der Waals surface area contributed by atoms with Crippen LogP contribution in [0.3, 0.4) is 0 Å². The summed E-state index contributed by atoms with van der Waals surface area (Å²) >= 11 is 0. The van der Waals surface area contributed by atoms with Crippen LogP contribution in [0.1, 0.15) is 37.4 Å². The quantitative estimate of drug-likeness (QED) is 0.777. The minimum atomic E-state index is 0.322. The van der Waals surface area contributed by atoms with Crippen molar-refractivity contribution in [2.45, 2.75) is 32.7 Å². The predicted octanol–water partition coefficient (Wildman–Crippen LogP) is 4.37. The van der Waals surface area contributed by atoms with Gasteiger partial charge in [-0.2, -0.15) is 0 Å². The van der Waals surface area contributed by atoms with E-state index in [1.165, 1.54) is 11.1 Å². The molecule has 0 saturated carbocycles. The summed E-state index contributed by atoms with van der Waals surface area (Å²) in [7, 11) is 0. The summed E-state index contributed by atoms with van der Waals surface area (Å²) in [4.78, 5) is 0. The van der Waals surface area contributed by atoms with Crippen LogP contribution >= 0.6 is 0 Å². The first-order valence-corrected chi connectivity index (χ1v) is 7.83. The van der Waals surface area contributed by atoms with Gasteiger partial charge >= 0.3 is 0 Å². The van der Waals surface area contributed by atoms with Crippen LogP contribution in [-0.4, -0.2) is 13.2 Å². The Balaban J connectivity index is 2.13. The fraction of sp³-hybridized carbons (Fsp3) is 0.368. The molecule has 0 fully saturated rings. The van der Waals surface area contributed by atoms with Crippen LogP contribution in [0.15, 0.2) is 54.6 Å². The van der Waals surface area contributed by atoms with Gasteiger partial charge in [-0.05, 0) is 42.6 Å². The predicted molar refractivity (Wildman–Crippen MR) is 88.8 cm³/mol. The Hall–Kier alpha value is -1.80. The van der Waals surface area contributed by atoms with E-state index in [9.17, 15) is 0 Å². The average molecular weight is 283 g/mol. The van der Waals surface area contributed by atoms with Crippen molar-refractivity contribution >= 4 is 0 Å². The van der Waals surface area contributed by atoms with Crippen LogP contribution < -0.4 is 10.1 Å². The second-order valence-corrected chi connectivity index (χ2v) is 5.22. The maximum absolute atomic E-state index is 5.75. The standard InChI is InChI=1S/C19H25NO/c1-3-13-21-18-12-8-11-17(15-18)19(20-4-2)14-16-9-6-5-7-10-16/h5-12,15,19-20H,3-4,13-14H2,1-2H3. The molecule has 0 bridgehead atoms. The van der Waals surface area contributed by atoms with Gasteiger partial charge in [-0.1, -0.05) is 56.3 Å². The van der Waals surface area contributed by atoms with E-state index in [-0.39, 0.29) is 0 Å². The third-order valence-corrected chi connectivity index (χ3v) is 3.47. The third-order valence-electron chi connectivity index (χ3n) is 3.47. The first kappa shape index (κ1) is 15.6. The molecule has 0 radical (unpaired) electrons. The second kappa shape index (κ2) is 8.48. The van der Waals surface area contributed by atoms with E-state index in [4.69, 9.17) is 4.74 Å². The van der Waals surface area contributed by atoms with Gasteiger partial charge < -0.3 is 10.1 Å². The van der Waals surface area contributed by atoms with Gasteiger partial charge in [0.05, 0.1) is 6.61 Å². The van der Waals surface area contributed by atoms with Crippen molar-refractivity contribution in [2.75, 3.05) is 13.2 Å². The van der Waals surface area contributed by atoms with Gasteiger partial charge in [0.2, 0.25) is 0 Å². The Morgan fingerprint density at radius 1 is 1.00 bits per heavy atom. The highest BCUT2D eigenvalue weighted by Crippen LogP contribution is 2.22. The first-order valence-electron chi connectivity index (χ1n) is 7.83. The lowest BCUT2D eigenvalue weighted by Crippen LogP contribution is -2.23. The molecule has 1 N–H and O–H groups in total. The SMILES string of the molecule is CCCOc1cccc(C(Cc2ccccc2)NCC)c1.